The van der Waals surface area contributed by atoms with Crippen molar-refractivity contribution >= 4 is 5.91 Å². The number of nitrogens with one attached hydrogen (secondary N) is 3. The molecule has 19 heavy (non-hydrogen) atoms. The van der Waals surface area contributed by atoms with Crippen molar-refractivity contribution in [2.45, 2.75) is 0 Å². The molecule has 1 aromatic carbocycles. The normalized spacial score (nSPS) is 14.9. The number of H-pyrrole nitrogens is 1. The van der Waals surface area contributed by atoms with E-state index in [0.717, 1.165) is 30.8 Å². The van der Waals surface area contributed by atoms with Crippen LogP contribution in [0.5, 0.6) is 0 Å². The van der Waals surface area contributed by atoms with E-state index < -0.39 is 0 Å². The maximum atomic E-state index is 12.2. The average Bonchev–Trinajstić information content (AvgIpc) is 2.87. The van der Waals surface area contributed by atoms with E-state index in [4.69, 9.17) is 0 Å². The zero-order valence-corrected chi connectivity index (χ0v) is 10.6. The molecule has 1 aromatic heterocycles. The first kappa shape index (κ1) is 12.0. The molecule has 0 saturated carbocycles. The number of benzene rings is 1. The number of carbonyl (C=O) groups is 1. The minimum absolute atomic E-state index is 0.00740. The Kier molecular flexibility index (Phi) is 3.33. The highest BCUT2D eigenvalue weighted by atomic mass is 16.1. The topological polar surface area (TPSA) is 56.9 Å². The highest BCUT2D eigenvalue weighted by Crippen LogP contribution is 2.23. The predicted molar refractivity (Wildman–Crippen MR) is 74.9 cm³/mol. The van der Waals surface area contributed by atoms with E-state index in [1.54, 1.807) is 6.20 Å². The van der Waals surface area contributed by atoms with Crippen molar-refractivity contribution in [1.29, 1.82) is 0 Å². The predicted octanol–water partition coefficient (Wildman–Crippen LogP) is 1.63. The van der Waals surface area contributed by atoms with E-state index in [-0.39, 0.29) is 5.91 Å². The molecule has 4 heteroatoms. The first-order valence-corrected chi connectivity index (χ1v) is 6.55. The van der Waals surface area contributed by atoms with Gasteiger partial charge in [-0.1, -0.05) is 30.3 Å². The molecule has 2 aromatic rings. The summed E-state index contributed by atoms with van der Waals surface area (Å²) in [6.45, 7) is 2.74. The third kappa shape index (κ3) is 2.53. The van der Waals surface area contributed by atoms with Crippen molar-refractivity contribution in [3.8, 4) is 11.1 Å². The van der Waals surface area contributed by atoms with Crippen molar-refractivity contribution in [3.05, 3.63) is 48.3 Å². The Morgan fingerprint density at radius 3 is 2.68 bits per heavy atom. The molecule has 3 N–H and O–H groups in total. The minimum Gasteiger partial charge on any atom is -0.366 e. The van der Waals surface area contributed by atoms with E-state index in [9.17, 15) is 4.79 Å². The Balaban J connectivity index is 1.74. The maximum Gasteiger partial charge on any atom is 0.253 e. The summed E-state index contributed by atoms with van der Waals surface area (Å²) in [7, 11) is 0. The van der Waals surface area contributed by atoms with Crippen molar-refractivity contribution in [2.24, 2.45) is 5.92 Å². The minimum atomic E-state index is -0.00740. The molecule has 0 spiro atoms. The van der Waals surface area contributed by atoms with Gasteiger partial charge in [0.15, 0.2) is 0 Å². The van der Waals surface area contributed by atoms with Gasteiger partial charge in [-0.2, -0.15) is 0 Å². The molecule has 98 valence electrons. The molecule has 0 unspecified atom stereocenters. The molecular formula is C15H17N3O. The Morgan fingerprint density at radius 1 is 1.21 bits per heavy atom. The van der Waals surface area contributed by atoms with Crippen LogP contribution in [0.2, 0.25) is 0 Å². The van der Waals surface area contributed by atoms with E-state index in [1.807, 2.05) is 36.5 Å². The third-order valence-electron chi connectivity index (χ3n) is 3.49. The van der Waals surface area contributed by atoms with Crippen LogP contribution in [-0.2, 0) is 0 Å². The molecule has 0 atom stereocenters. The second kappa shape index (κ2) is 5.28. The Morgan fingerprint density at radius 2 is 2.00 bits per heavy atom. The van der Waals surface area contributed by atoms with Gasteiger partial charge in [0.25, 0.3) is 5.91 Å². The van der Waals surface area contributed by atoms with Crippen molar-refractivity contribution in [3.63, 3.8) is 0 Å². The second-order valence-corrected chi connectivity index (χ2v) is 4.88. The quantitative estimate of drug-likeness (QED) is 0.777. The number of aromatic nitrogens is 1. The van der Waals surface area contributed by atoms with E-state index in [1.165, 1.54) is 0 Å². The molecule has 1 aliphatic heterocycles. The van der Waals surface area contributed by atoms with Gasteiger partial charge in [0.1, 0.15) is 0 Å². The zero-order chi connectivity index (χ0) is 13.1. The van der Waals surface area contributed by atoms with E-state index in [0.29, 0.717) is 11.5 Å². The highest BCUT2D eigenvalue weighted by molar-refractivity contribution is 6.00. The number of aromatic amines is 1. The van der Waals surface area contributed by atoms with Gasteiger partial charge in [-0.3, -0.25) is 4.79 Å². The lowest BCUT2D eigenvalue weighted by atomic mass is 10.0. The molecule has 0 aliphatic carbocycles. The number of amides is 1. The summed E-state index contributed by atoms with van der Waals surface area (Å²) in [5.41, 5.74) is 2.71. The smallest absolute Gasteiger partial charge is 0.253 e. The Hall–Kier alpha value is -2.07. The first-order chi connectivity index (χ1) is 9.34. The van der Waals surface area contributed by atoms with E-state index >= 15 is 0 Å². The maximum absolute atomic E-state index is 12.2. The lowest BCUT2D eigenvalue weighted by Gasteiger charge is -2.27. The summed E-state index contributed by atoms with van der Waals surface area (Å²) >= 11 is 0. The molecule has 1 aliphatic rings. The molecule has 4 nitrogen and oxygen atoms in total. The average molecular weight is 255 g/mol. The Bertz CT molecular complexity index is 558. The van der Waals surface area contributed by atoms with Crippen molar-refractivity contribution in [1.82, 2.24) is 15.6 Å². The van der Waals surface area contributed by atoms with Gasteiger partial charge in [-0.05, 0) is 5.56 Å². The van der Waals surface area contributed by atoms with Crippen LogP contribution in [0.15, 0.2) is 42.7 Å². The second-order valence-electron chi connectivity index (χ2n) is 4.88. The fourth-order valence-corrected chi connectivity index (χ4v) is 2.23. The monoisotopic (exact) mass is 255 g/mol. The fraction of sp³-hybridized carbons (Fsp3) is 0.267. The lowest BCUT2D eigenvalue weighted by Crippen LogP contribution is -2.48. The van der Waals surface area contributed by atoms with Gasteiger partial charge in [0, 0.05) is 43.5 Å². The van der Waals surface area contributed by atoms with Crippen LogP contribution in [0.4, 0.5) is 0 Å². The van der Waals surface area contributed by atoms with E-state index in [2.05, 4.69) is 15.6 Å². The fourth-order valence-electron chi connectivity index (χ4n) is 2.23. The van der Waals surface area contributed by atoms with Crippen molar-refractivity contribution in [2.75, 3.05) is 19.6 Å². The molecule has 2 heterocycles. The van der Waals surface area contributed by atoms with Gasteiger partial charge in [-0.25, -0.2) is 0 Å². The summed E-state index contributed by atoms with van der Waals surface area (Å²) < 4.78 is 0. The van der Waals surface area contributed by atoms with Crippen LogP contribution in [-0.4, -0.2) is 30.5 Å². The number of hydrogen-bond acceptors (Lipinski definition) is 2. The van der Waals surface area contributed by atoms with Gasteiger partial charge in [0.2, 0.25) is 0 Å². The lowest BCUT2D eigenvalue weighted by molar-refractivity contribution is 0.0943. The number of hydrogen-bond donors (Lipinski definition) is 3. The summed E-state index contributed by atoms with van der Waals surface area (Å²) in [6.07, 6.45) is 3.63. The zero-order valence-electron chi connectivity index (χ0n) is 10.6. The van der Waals surface area contributed by atoms with Crippen LogP contribution in [0.25, 0.3) is 11.1 Å². The molecule has 1 amide bonds. The van der Waals surface area contributed by atoms with Crippen molar-refractivity contribution < 1.29 is 4.79 Å². The summed E-state index contributed by atoms with van der Waals surface area (Å²) in [4.78, 5) is 15.2. The van der Waals surface area contributed by atoms with Gasteiger partial charge in [-0.15, -0.1) is 0 Å². The standard InChI is InChI=1S/C15H17N3O/c19-15(18-8-11-6-16-7-11)14-10-17-9-13(14)12-4-2-1-3-5-12/h1-5,9-11,16-17H,6-8H2,(H,18,19). The molecule has 3 rings (SSSR count). The van der Waals surface area contributed by atoms with Crippen LogP contribution in [0.1, 0.15) is 10.4 Å². The van der Waals surface area contributed by atoms with Gasteiger partial charge < -0.3 is 15.6 Å². The molecular weight excluding hydrogens is 238 g/mol. The largest absolute Gasteiger partial charge is 0.366 e. The third-order valence-corrected chi connectivity index (χ3v) is 3.49. The summed E-state index contributed by atoms with van der Waals surface area (Å²) in [5, 5.41) is 6.20. The van der Waals surface area contributed by atoms with Crippen LogP contribution >= 0.6 is 0 Å². The molecule has 1 saturated heterocycles. The first-order valence-electron chi connectivity index (χ1n) is 6.55. The SMILES string of the molecule is O=C(NCC1CNC1)c1c[nH]cc1-c1ccccc1. The molecule has 1 fully saturated rings. The highest BCUT2D eigenvalue weighted by Gasteiger charge is 2.19. The summed E-state index contributed by atoms with van der Waals surface area (Å²) in [6, 6.07) is 9.94. The molecule has 0 bridgehead atoms. The number of carbonyl (C=O) groups excluding carboxylic acids is 1. The van der Waals surface area contributed by atoms with Gasteiger partial charge >= 0.3 is 0 Å². The van der Waals surface area contributed by atoms with Crippen LogP contribution in [0, 0.1) is 5.92 Å². The van der Waals surface area contributed by atoms with Gasteiger partial charge in [0.05, 0.1) is 5.56 Å². The Labute approximate surface area is 112 Å². The van der Waals surface area contributed by atoms with Crippen LogP contribution < -0.4 is 10.6 Å². The van der Waals surface area contributed by atoms with Crippen LogP contribution in [0.3, 0.4) is 0 Å². The number of rotatable bonds is 4. The summed E-state index contributed by atoms with van der Waals surface area (Å²) in [5.74, 6) is 0.565. The molecule has 0 radical (unpaired) electrons.